The van der Waals surface area contributed by atoms with Crippen LogP contribution in [0.1, 0.15) is 149 Å². The SMILES string of the molecule is CCCCCCCCCCc1cn(C[C@H]2O[C@@H](Oc3c4cc5cc3Oc3ccc(cc3Cl)[C@@H](O)[C@@H](NC(=O)[C@@H](CC(C)C)NC)C(=O)N[C@@H](CC(N)=O)C(=O)N[C@H]5C(=O)N[C@H]3C(=O)N[C@H](C(=O)NC(C(=O)O)c5cc(O)cc(O)c5-c5cc3ccc5O)[C@H](O)c3ccc(c(Cl)c3)O4)[C@H](O)[C@@H](O)[C@@H]2O)nn1. The third-order valence-electron chi connectivity index (χ3n) is 18.5. The van der Waals surface area contributed by atoms with Crippen LogP contribution in [0.25, 0.3) is 11.1 Å². The molecule has 562 valence electrons. The lowest BCUT2D eigenvalue weighted by Gasteiger charge is -2.40. The van der Waals surface area contributed by atoms with Gasteiger partial charge < -0.3 is 108 Å². The summed E-state index contributed by atoms with van der Waals surface area (Å²) in [7, 11) is 1.49. The molecule has 1 saturated heterocycles. The molecule has 7 heterocycles. The number of aryl methyl sites for hydroxylation is 1. The van der Waals surface area contributed by atoms with Crippen LogP contribution in [0.5, 0.6) is 46.0 Å². The van der Waals surface area contributed by atoms with Crippen molar-refractivity contribution in [1.29, 1.82) is 0 Å². The van der Waals surface area contributed by atoms with Crippen LogP contribution in [0.4, 0.5) is 0 Å². The number of halogens is 2. The fourth-order valence-corrected chi connectivity index (χ4v) is 13.4. The second-order valence-electron chi connectivity index (χ2n) is 26.7. The molecular formula is C71H83Cl2N11O21. The van der Waals surface area contributed by atoms with Gasteiger partial charge in [0.1, 0.15) is 95.6 Å². The average molecular weight is 1500 g/mol. The number of primary amides is 1. The number of carbonyl (C=O) groups excluding carboxylic acids is 7. The van der Waals surface area contributed by atoms with Gasteiger partial charge in [-0.05, 0) is 109 Å². The van der Waals surface area contributed by atoms with Crippen LogP contribution in [-0.4, -0.2) is 170 Å². The average Bonchev–Trinajstić information content (AvgIpc) is 0.862. The highest BCUT2D eigenvalue weighted by Gasteiger charge is 2.47. The Hall–Kier alpha value is -9.90. The van der Waals surface area contributed by atoms with E-state index in [2.05, 4.69) is 54.5 Å². The lowest BCUT2D eigenvalue weighted by Crippen LogP contribution is -2.60. The van der Waals surface area contributed by atoms with Crippen LogP contribution in [0.2, 0.25) is 10.0 Å². The van der Waals surface area contributed by atoms with Gasteiger partial charge in [0.2, 0.25) is 53.4 Å². The third kappa shape index (κ3) is 18.1. The van der Waals surface area contributed by atoms with Crippen molar-refractivity contribution in [2.24, 2.45) is 11.7 Å². The first kappa shape index (κ1) is 77.7. The summed E-state index contributed by atoms with van der Waals surface area (Å²) in [5, 5.41) is 129. The second kappa shape index (κ2) is 33.9. The zero-order chi connectivity index (χ0) is 75.8. The van der Waals surface area contributed by atoms with Crippen LogP contribution in [-0.2, 0) is 56.1 Å². The summed E-state index contributed by atoms with van der Waals surface area (Å²) in [6, 6.07) is -0.241. The molecule has 0 aliphatic carbocycles. The molecule has 5 aromatic carbocycles. The normalized spacial score (nSPS) is 24.3. The number of hydrogen-bond donors (Lipinski definition) is 17. The Kier molecular flexibility index (Phi) is 25.1. The number of rotatable bonds is 21. The van der Waals surface area contributed by atoms with Crippen LogP contribution < -0.4 is 57.2 Å². The van der Waals surface area contributed by atoms with Crippen molar-refractivity contribution in [2.75, 3.05) is 7.05 Å². The van der Waals surface area contributed by atoms with Crippen LogP contribution >= 0.6 is 23.2 Å². The molecule has 0 radical (unpaired) electrons. The summed E-state index contributed by atoms with van der Waals surface area (Å²) in [6.07, 6.45) is -3.68. The number of amides is 7. The maximum atomic E-state index is 16.0. The van der Waals surface area contributed by atoms with Crippen molar-refractivity contribution in [2.45, 2.75) is 183 Å². The number of nitrogens with zero attached hydrogens (tertiary/aromatic N) is 3. The number of likely N-dealkylation sites (N-methyl/N-ethyl adjacent to an activating group) is 1. The monoisotopic (exact) mass is 1500 g/mol. The number of nitrogens with one attached hydrogen (secondary N) is 7. The molecule has 1 aromatic heterocycles. The smallest absolute Gasteiger partial charge is 0.330 e. The Morgan fingerprint density at radius 1 is 0.667 bits per heavy atom. The number of aromatic hydroxyl groups is 3. The molecule has 6 aliphatic rings. The number of unbranched alkanes of at least 4 members (excludes halogenated alkanes) is 7. The predicted octanol–water partition coefficient (Wildman–Crippen LogP) is 3.85. The number of aliphatic hydroxyl groups excluding tert-OH is 5. The van der Waals surface area contributed by atoms with Gasteiger partial charge in [-0.2, -0.15) is 0 Å². The van der Waals surface area contributed by atoms with Gasteiger partial charge in [0.05, 0.1) is 34.7 Å². The first-order valence-electron chi connectivity index (χ1n) is 34.2. The number of ether oxygens (including phenoxy) is 4. The molecular weight excluding hydrogens is 1410 g/mol. The minimum absolute atomic E-state index is 0.0847. The minimum atomic E-state index is -2.31. The highest BCUT2D eigenvalue weighted by atomic mass is 35.5. The molecule has 34 heteroatoms. The van der Waals surface area contributed by atoms with E-state index in [0.29, 0.717) is 12.1 Å². The molecule has 0 saturated carbocycles. The van der Waals surface area contributed by atoms with Gasteiger partial charge in [0.15, 0.2) is 17.5 Å². The van der Waals surface area contributed by atoms with E-state index in [9.17, 15) is 69.9 Å². The number of carboxylic acid groups (broad SMARTS) is 1. The fourth-order valence-electron chi connectivity index (χ4n) is 12.9. The van der Waals surface area contributed by atoms with Crippen LogP contribution in [0.3, 0.4) is 0 Å². The number of hydrogen-bond acceptors (Lipinski definition) is 23. The number of benzene rings is 5. The molecule has 1 unspecified atom stereocenters. The van der Waals surface area contributed by atoms with Crippen LogP contribution in [0.15, 0.2) is 85.1 Å². The van der Waals surface area contributed by atoms with E-state index in [1.54, 1.807) is 6.20 Å². The molecule has 32 nitrogen and oxygen atoms in total. The maximum Gasteiger partial charge on any atom is 0.330 e. The quantitative estimate of drug-likeness (QED) is 0.0455. The summed E-state index contributed by atoms with van der Waals surface area (Å²) in [4.78, 5) is 117. The van der Waals surface area contributed by atoms with E-state index in [1.165, 1.54) is 42.8 Å². The molecule has 12 rings (SSSR count). The highest BCUT2D eigenvalue weighted by molar-refractivity contribution is 6.32. The van der Waals surface area contributed by atoms with Gasteiger partial charge in [-0.3, -0.25) is 33.6 Å². The Bertz CT molecular complexity index is 4260. The fraction of sp³-hybridized carbons (Fsp3) is 0.437. The molecule has 1 fully saturated rings. The Morgan fingerprint density at radius 2 is 1.28 bits per heavy atom. The Labute approximate surface area is 610 Å². The van der Waals surface area contributed by atoms with Crippen LogP contribution in [0, 0.1) is 5.92 Å². The summed E-state index contributed by atoms with van der Waals surface area (Å²) >= 11 is 14.1. The van der Waals surface area contributed by atoms with Gasteiger partial charge in [-0.1, -0.05) is 112 Å². The lowest BCUT2D eigenvalue weighted by molar-refractivity contribution is -0.275. The van der Waals surface area contributed by atoms with Gasteiger partial charge in [-0.15, -0.1) is 5.10 Å². The molecule has 18 N–H and O–H groups in total. The third-order valence-corrected chi connectivity index (χ3v) is 19.0. The van der Waals surface area contributed by atoms with E-state index >= 15 is 14.4 Å². The molecule has 6 aromatic rings. The standard InChI is InChI=1S/C71H83Cl2N11O21/c1-5-6-7-8-9-10-11-12-13-36-29-84(83-82-36)30-50-60(91)61(92)62(93)71(104-50)105-63-48-24-35-25-49(63)103-47-19-16-34(23-41(47)73)59(90)57-69(99)79-55(70(100)101)39-26-37(85)27-45(87)52(39)38-21-32(14-17-44(38)86)53(66(96)81-57)78-67(97)54(35)77-65(95)43(28-51(74)88)76-68(98)56(80-64(94)42(75-4)20-31(2)3)58(89)33-15-18-46(102-48)40(72)22-33/h14-19,21-27,29,31,42-43,50,53-62,71,75,85-87,89-93H,5-13,20,28,30H2,1-4H3,(H2,74,88)(H,76,98)(H,77,95)(H,78,97)(H,79,99)(H,80,94)(H,81,96)(H,100,101)/t42-,43+,50-,53-,54-,55?,56-,57+,58-,59-,60-,61+,62-,71+/m1/s1. The molecule has 11 bridgehead atoms. The first-order valence-corrected chi connectivity index (χ1v) is 34.9. The van der Waals surface area contributed by atoms with Crippen molar-refractivity contribution < 1.29 is 103 Å². The number of aliphatic carboxylic acids is 1. The number of phenols is 3. The van der Waals surface area contributed by atoms with Crippen molar-refractivity contribution in [3.63, 3.8) is 0 Å². The topological polar surface area (TPSA) is 496 Å². The van der Waals surface area contributed by atoms with Gasteiger partial charge in [0.25, 0.3) is 0 Å². The van der Waals surface area contributed by atoms with Gasteiger partial charge in [-0.25, -0.2) is 9.48 Å². The molecule has 6 aliphatic heterocycles. The van der Waals surface area contributed by atoms with Gasteiger partial charge >= 0.3 is 5.97 Å². The Morgan fingerprint density at radius 3 is 1.90 bits per heavy atom. The molecule has 14 atom stereocenters. The van der Waals surface area contributed by atoms with E-state index in [1.807, 2.05) is 13.8 Å². The number of fused-ring (bicyclic) bond motifs is 15. The summed E-state index contributed by atoms with van der Waals surface area (Å²) < 4.78 is 27.4. The van der Waals surface area contributed by atoms with Crippen molar-refractivity contribution >= 4 is 70.5 Å². The summed E-state index contributed by atoms with van der Waals surface area (Å²) in [5.74, 6) is -15.6. The van der Waals surface area contributed by atoms with E-state index in [0.717, 1.165) is 99.2 Å². The minimum Gasteiger partial charge on any atom is -0.508 e. The zero-order valence-electron chi connectivity index (χ0n) is 57.3. The Balaban J connectivity index is 1.16. The second-order valence-corrected chi connectivity index (χ2v) is 27.5. The largest absolute Gasteiger partial charge is 0.508 e. The molecule has 7 amide bonds. The summed E-state index contributed by atoms with van der Waals surface area (Å²) in [5.41, 5.74) is 3.68. The van der Waals surface area contributed by atoms with Crippen molar-refractivity contribution in [3.8, 4) is 57.1 Å². The van der Waals surface area contributed by atoms with E-state index in [4.69, 9.17) is 47.9 Å². The van der Waals surface area contributed by atoms with Gasteiger partial charge in [0, 0.05) is 29.0 Å². The maximum absolute atomic E-state index is 16.0. The highest BCUT2D eigenvalue weighted by Crippen LogP contribution is 2.49. The number of nitrogens with two attached hydrogens (primary N) is 1. The number of aliphatic hydroxyl groups is 5. The summed E-state index contributed by atoms with van der Waals surface area (Å²) in [6.45, 7) is 5.54. The lowest BCUT2D eigenvalue weighted by atomic mass is 9.89. The predicted molar refractivity (Wildman–Crippen MR) is 372 cm³/mol. The number of carboxylic acids is 1. The molecule has 0 spiro atoms. The molecule has 105 heavy (non-hydrogen) atoms. The number of phenolic OH excluding ortho intramolecular Hbond substituents is 3. The van der Waals surface area contributed by atoms with Crippen molar-refractivity contribution in [1.82, 2.24) is 52.2 Å². The van der Waals surface area contributed by atoms with E-state index < -0.39 is 201 Å². The first-order chi connectivity index (χ1) is 50.0. The zero-order valence-corrected chi connectivity index (χ0v) is 58.8. The number of carbonyl (C=O) groups is 8. The van der Waals surface area contributed by atoms with E-state index in [-0.39, 0.29) is 52.1 Å². The van der Waals surface area contributed by atoms with Crippen molar-refractivity contribution in [3.05, 3.63) is 129 Å². The number of aromatic nitrogens is 3.